The molecule has 1 aromatic rings. The lowest BCUT2D eigenvalue weighted by molar-refractivity contribution is -0.142. The summed E-state index contributed by atoms with van der Waals surface area (Å²) in [5.74, 6) is -0.761. The smallest absolute Gasteiger partial charge is 0.306 e. The second-order valence-corrected chi connectivity index (χ2v) is 5.59. The second kappa shape index (κ2) is 10.5. The van der Waals surface area contributed by atoms with Gasteiger partial charge in [0, 0.05) is 0 Å². The zero-order chi connectivity index (χ0) is 14.6. The van der Waals surface area contributed by atoms with Crippen molar-refractivity contribution in [3.63, 3.8) is 0 Å². The number of benzene rings is 1. The Labute approximate surface area is 123 Å². The third-order valence-electron chi connectivity index (χ3n) is 3.95. The molecule has 20 heavy (non-hydrogen) atoms. The van der Waals surface area contributed by atoms with E-state index in [0.717, 1.165) is 19.3 Å². The average Bonchev–Trinajstić information content (AvgIpc) is 2.46. The highest BCUT2D eigenvalue weighted by Crippen LogP contribution is 2.15. The quantitative estimate of drug-likeness (QED) is 0.573. The molecule has 0 saturated heterocycles. The van der Waals surface area contributed by atoms with E-state index in [1.54, 1.807) is 0 Å². The van der Waals surface area contributed by atoms with E-state index in [4.69, 9.17) is 5.11 Å². The van der Waals surface area contributed by atoms with Crippen LogP contribution >= 0.6 is 0 Å². The zero-order valence-corrected chi connectivity index (χ0v) is 12.7. The van der Waals surface area contributed by atoms with Gasteiger partial charge < -0.3 is 5.11 Å². The van der Waals surface area contributed by atoms with Crippen molar-refractivity contribution in [2.75, 3.05) is 0 Å². The minimum absolute atomic E-state index is 0.131. The van der Waals surface area contributed by atoms with Crippen LogP contribution in [0.15, 0.2) is 30.3 Å². The monoisotopic (exact) mass is 276 g/mol. The highest BCUT2D eigenvalue weighted by atomic mass is 16.4. The van der Waals surface area contributed by atoms with Crippen molar-refractivity contribution in [2.45, 2.75) is 64.7 Å². The summed E-state index contributed by atoms with van der Waals surface area (Å²) in [5, 5.41) is 8.95. The van der Waals surface area contributed by atoms with Crippen LogP contribution in [0.25, 0.3) is 0 Å². The topological polar surface area (TPSA) is 37.3 Å². The summed E-state index contributed by atoms with van der Waals surface area (Å²) in [6.07, 6.45) is 10.1. The summed E-state index contributed by atoms with van der Waals surface area (Å²) in [5.41, 5.74) is 1.43. The maximum Gasteiger partial charge on any atom is 0.306 e. The predicted octanol–water partition coefficient (Wildman–Crippen LogP) is 5.07. The van der Waals surface area contributed by atoms with Crippen molar-refractivity contribution in [3.8, 4) is 0 Å². The number of carbonyl (C=O) groups is 1. The first kappa shape index (κ1) is 16.7. The van der Waals surface area contributed by atoms with E-state index >= 15 is 0 Å². The molecule has 0 aliphatic rings. The number of aryl methyl sites for hydroxylation is 1. The fraction of sp³-hybridized carbons (Fsp3) is 0.611. The molecule has 2 heteroatoms. The van der Waals surface area contributed by atoms with Gasteiger partial charge in [-0.15, -0.1) is 0 Å². The summed E-state index contributed by atoms with van der Waals surface area (Å²) in [6, 6.07) is 10.6. The Kier molecular flexibility index (Phi) is 8.77. The Morgan fingerprint density at radius 1 is 1.00 bits per heavy atom. The molecule has 112 valence electrons. The van der Waals surface area contributed by atoms with Crippen LogP contribution in [0.2, 0.25) is 0 Å². The summed E-state index contributed by atoms with van der Waals surface area (Å²) < 4.78 is 0. The lowest BCUT2D eigenvalue weighted by Crippen LogP contribution is -2.12. The standard InChI is InChI=1S/C18H28O2/c1-2-17(18(19)20)15-11-6-4-3-5-8-12-16-13-9-7-10-14-16/h7,9-10,13-14,17H,2-6,8,11-12,15H2,1H3,(H,19,20)/t17-/m1/s1. The second-order valence-electron chi connectivity index (χ2n) is 5.59. The Hall–Kier alpha value is -1.31. The van der Waals surface area contributed by atoms with Crippen LogP contribution in [0.3, 0.4) is 0 Å². The fourth-order valence-corrected chi connectivity index (χ4v) is 2.57. The third-order valence-corrected chi connectivity index (χ3v) is 3.95. The molecule has 1 aromatic carbocycles. The average molecular weight is 276 g/mol. The molecule has 1 N–H and O–H groups in total. The van der Waals surface area contributed by atoms with Crippen molar-refractivity contribution in [3.05, 3.63) is 35.9 Å². The van der Waals surface area contributed by atoms with Gasteiger partial charge in [0.2, 0.25) is 0 Å². The molecule has 1 rings (SSSR count). The third kappa shape index (κ3) is 7.32. The number of unbranched alkanes of at least 4 members (excludes halogenated alkanes) is 5. The molecule has 0 saturated carbocycles. The van der Waals surface area contributed by atoms with Gasteiger partial charge in [0.25, 0.3) is 0 Å². The molecule has 0 bridgehead atoms. The summed E-state index contributed by atoms with van der Waals surface area (Å²) >= 11 is 0. The van der Waals surface area contributed by atoms with Crippen LogP contribution < -0.4 is 0 Å². The molecule has 0 unspecified atom stereocenters. The SMILES string of the molecule is CC[C@H](CCCCCCCCc1ccccc1)C(=O)O. The van der Waals surface area contributed by atoms with Gasteiger partial charge in [-0.3, -0.25) is 4.79 Å². The van der Waals surface area contributed by atoms with Gasteiger partial charge in [0.05, 0.1) is 5.92 Å². The molecule has 1 atom stereocenters. The van der Waals surface area contributed by atoms with Crippen LogP contribution in [-0.4, -0.2) is 11.1 Å². The number of carboxylic acid groups (broad SMARTS) is 1. The molecule has 0 heterocycles. The van der Waals surface area contributed by atoms with Crippen molar-refractivity contribution in [1.82, 2.24) is 0 Å². The van der Waals surface area contributed by atoms with Crippen LogP contribution in [0.4, 0.5) is 0 Å². The molecule has 0 spiro atoms. The first-order valence-corrected chi connectivity index (χ1v) is 8.00. The van der Waals surface area contributed by atoms with Crippen molar-refractivity contribution < 1.29 is 9.90 Å². The highest BCUT2D eigenvalue weighted by Gasteiger charge is 2.13. The molecule has 0 amide bonds. The van der Waals surface area contributed by atoms with Gasteiger partial charge in [-0.05, 0) is 31.2 Å². The Balaban J connectivity index is 1.94. The summed E-state index contributed by atoms with van der Waals surface area (Å²) in [6.45, 7) is 1.96. The van der Waals surface area contributed by atoms with Gasteiger partial charge >= 0.3 is 5.97 Å². The van der Waals surface area contributed by atoms with E-state index in [9.17, 15) is 4.79 Å². The minimum Gasteiger partial charge on any atom is -0.481 e. The molecular weight excluding hydrogens is 248 g/mol. The van der Waals surface area contributed by atoms with Gasteiger partial charge in [-0.25, -0.2) is 0 Å². The molecule has 0 aliphatic carbocycles. The van der Waals surface area contributed by atoms with Crippen molar-refractivity contribution >= 4 is 5.97 Å². The van der Waals surface area contributed by atoms with E-state index in [0.29, 0.717) is 0 Å². The van der Waals surface area contributed by atoms with Gasteiger partial charge in [0.15, 0.2) is 0 Å². The Morgan fingerprint density at radius 3 is 2.20 bits per heavy atom. The van der Waals surface area contributed by atoms with Crippen LogP contribution in [0.5, 0.6) is 0 Å². The molecule has 0 fully saturated rings. The summed E-state index contributed by atoms with van der Waals surface area (Å²) in [7, 11) is 0. The van der Waals surface area contributed by atoms with Crippen LogP contribution in [0, 0.1) is 5.92 Å². The maximum atomic E-state index is 10.9. The minimum atomic E-state index is -0.629. The van der Waals surface area contributed by atoms with Crippen molar-refractivity contribution in [1.29, 1.82) is 0 Å². The van der Waals surface area contributed by atoms with Crippen molar-refractivity contribution in [2.24, 2.45) is 5.92 Å². The van der Waals surface area contributed by atoms with Gasteiger partial charge in [0.1, 0.15) is 0 Å². The largest absolute Gasteiger partial charge is 0.481 e. The zero-order valence-electron chi connectivity index (χ0n) is 12.7. The Bertz CT molecular complexity index is 359. The van der Waals surface area contributed by atoms with Crippen LogP contribution in [-0.2, 0) is 11.2 Å². The van der Waals surface area contributed by atoms with Gasteiger partial charge in [-0.1, -0.05) is 69.4 Å². The van der Waals surface area contributed by atoms with E-state index in [2.05, 4.69) is 30.3 Å². The van der Waals surface area contributed by atoms with E-state index in [1.807, 2.05) is 6.92 Å². The maximum absolute atomic E-state index is 10.9. The molecule has 0 aliphatic heterocycles. The fourth-order valence-electron chi connectivity index (χ4n) is 2.57. The molecular formula is C18H28O2. The molecule has 0 aromatic heterocycles. The number of rotatable bonds is 11. The molecule has 0 radical (unpaired) electrons. The number of hydrogen-bond acceptors (Lipinski definition) is 1. The summed E-state index contributed by atoms with van der Waals surface area (Å²) in [4.78, 5) is 10.9. The highest BCUT2D eigenvalue weighted by molar-refractivity contribution is 5.69. The predicted molar refractivity (Wildman–Crippen MR) is 83.9 cm³/mol. The lowest BCUT2D eigenvalue weighted by Gasteiger charge is -2.08. The first-order valence-electron chi connectivity index (χ1n) is 8.00. The van der Waals surface area contributed by atoms with E-state index < -0.39 is 5.97 Å². The normalized spacial score (nSPS) is 12.2. The Morgan fingerprint density at radius 2 is 1.60 bits per heavy atom. The van der Waals surface area contributed by atoms with Gasteiger partial charge in [-0.2, -0.15) is 0 Å². The number of hydrogen-bond donors (Lipinski definition) is 1. The number of aliphatic carboxylic acids is 1. The lowest BCUT2D eigenvalue weighted by atomic mass is 9.98. The van der Waals surface area contributed by atoms with E-state index in [-0.39, 0.29) is 5.92 Å². The first-order chi connectivity index (χ1) is 9.74. The van der Waals surface area contributed by atoms with E-state index in [1.165, 1.54) is 44.1 Å². The molecule has 2 nitrogen and oxygen atoms in total. The van der Waals surface area contributed by atoms with Crippen LogP contribution in [0.1, 0.15) is 63.9 Å². The number of carboxylic acids is 1.